The first-order chi connectivity index (χ1) is 16.0. The standard InChI is InChI=1S/C24H21N3O5S/c1-31-23(30)16-9-11-17(12-10-16)25-21(28)14-20-22(29)27(18-6-3-2-4-7-18)24(33)26(20)15-19-8-5-13-32-19/h2-13,20H,14-15H2,1H3,(H,25,28)/t20-/m0/s1. The Kier molecular flexibility index (Phi) is 6.50. The first-order valence-corrected chi connectivity index (χ1v) is 10.6. The number of esters is 1. The van der Waals surface area contributed by atoms with E-state index in [-0.39, 0.29) is 24.8 Å². The molecule has 0 bridgehead atoms. The zero-order chi connectivity index (χ0) is 23.4. The van der Waals surface area contributed by atoms with E-state index in [1.54, 1.807) is 59.7 Å². The molecule has 0 saturated carbocycles. The van der Waals surface area contributed by atoms with Gasteiger partial charge in [-0.15, -0.1) is 0 Å². The van der Waals surface area contributed by atoms with Gasteiger partial charge in [0.2, 0.25) is 5.91 Å². The normalized spacial score (nSPS) is 15.6. The molecule has 1 aliphatic heterocycles. The number of benzene rings is 2. The summed E-state index contributed by atoms with van der Waals surface area (Å²) in [5.74, 6) is -0.480. The maximum absolute atomic E-state index is 13.3. The topological polar surface area (TPSA) is 92.1 Å². The van der Waals surface area contributed by atoms with Crippen molar-refractivity contribution in [2.24, 2.45) is 0 Å². The number of nitrogens with one attached hydrogen (secondary N) is 1. The number of thiocarbonyl (C=S) groups is 1. The lowest BCUT2D eigenvalue weighted by molar-refractivity contribution is -0.124. The second-order valence-corrected chi connectivity index (χ2v) is 7.70. The van der Waals surface area contributed by atoms with Crippen LogP contribution in [0.4, 0.5) is 11.4 Å². The molecular weight excluding hydrogens is 442 g/mol. The van der Waals surface area contributed by atoms with E-state index in [0.29, 0.717) is 27.8 Å². The average molecular weight is 464 g/mol. The molecule has 2 heterocycles. The van der Waals surface area contributed by atoms with Crippen LogP contribution in [0.1, 0.15) is 22.5 Å². The molecule has 2 aromatic carbocycles. The quantitative estimate of drug-likeness (QED) is 0.423. The van der Waals surface area contributed by atoms with Gasteiger partial charge >= 0.3 is 5.97 Å². The lowest BCUT2D eigenvalue weighted by Crippen LogP contribution is -2.37. The van der Waals surface area contributed by atoms with Gasteiger partial charge in [-0.2, -0.15) is 0 Å². The number of hydrogen-bond acceptors (Lipinski definition) is 6. The molecule has 168 valence electrons. The lowest BCUT2D eigenvalue weighted by Gasteiger charge is -2.22. The summed E-state index contributed by atoms with van der Waals surface area (Å²) in [5.41, 5.74) is 1.51. The summed E-state index contributed by atoms with van der Waals surface area (Å²) in [6, 6.07) is 18.1. The van der Waals surface area contributed by atoms with Crippen LogP contribution in [0.2, 0.25) is 0 Å². The third-order valence-corrected chi connectivity index (χ3v) is 5.62. The minimum absolute atomic E-state index is 0.109. The summed E-state index contributed by atoms with van der Waals surface area (Å²) in [5, 5.41) is 3.08. The summed E-state index contributed by atoms with van der Waals surface area (Å²) in [4.78, 5) is 40.9. The summed E-state index contributed by atoms with van der Waals surface area (Å²) >= 11 is 5.62. The van der Waals surface area contributed by atoms with Crippen molar-refractivity contribution in [1.82, 2.24) is 4.90 Å². The molecule has 1 aromatic heterocycles. The summed E-state index contributed by atoms with van der Waals surface area (Å²) in [6.45, 7) is 0.257. The van der Waals surface area contributed by atoms with Gasteiger partial charge in [-0.1, -0.05) is 18.2 Å². The molecule has 1 N–H and O–H groups in total. The van der Waals surface area contributed by atoms with E-state index in [1.165, 1.54) is 12.0 Å². The first kappa shape index (κ1) is 22.2. The molecule has 3 aromatic rings. The number of amides is 2. The number of nitrogens with zero attached hydrogens (tertiary/aromatic N) is 2. The van der Waals surface area contributed by atoms with Gasteiger partial charge < -0.3 is 19.4 Å². The van der Waals surface area contributed by atoms with Crippen molar-refractivity contribution >= 4 is 46.5 Å². The van der Waals surface area contributed by atoms with Crippen LogP contribution in [0.15, 0.2) is 77.4 Å². The minimum Gasteiger partial charge on any atom is -0.467 e. The van der Waals surface area contributed by atoms with Crippen molar-refractivity contribution in [3.8, 4) is 0 Å². The van der Waals surface area contributed by atoms with Crippen molar-refractivity contribution in [3.05, 3.63) is 84.3 Å². The Morgan fingerprint density at radius 3 is 2.42 bits per heavy atom. The molecule has 0 unspecified atom stereocenters. The summed E-state index contributed by atoms with van der Waals surface area (Å²) < 4.78 is 10.1. The van der Waals surface area contributed by atoms with Crippen molar-refractivity contribution in [3.63, 3.8) is 0 Å². The number of ether oxygens (including phenoxy) is 1. The molecule has 8 nitrogen and oxygen atoms in total. The van der Waals surface area contributed by atoms with Crippen molar-refractivity contribution < 1.29 is 23.5 Å². The minimum atomic E-state index is -0.794. The highest BCUT2D eigenvalue weighted by molar-refractivity contribution is 7.80. The summed E-state index contributed by atoms with van der Waals surface area (Å²) in [6.07, 6.45) is 1.44. The number of para-hydroxylation sites is 1. The first-order valence-electron chi connectivity index (χ1n) is 10.2. The molecule has 9 heteroatoms. The van der Waals surface area contributed by atoms with Crippen LogP contribution in [-0.4, -0.2) is 40.9 Å². The van der Waals surface area contributed by atoms with Crippen LogP contribution in [0.3, 0.4) is 0 Å². The monoisotopic (exact) mass is 463 g/mol. The number of hydrogen-bond donors (Lipinski definition) is 1. The van der Waals surface area contributed by atoms with Crippen molar-refractivity contribution in [1.29, 1.82) is 0 Å². The molecule has 2 amide bonds. The fourth-order valence-corrected chi connectivity index (χ4v) is 3.98. The molecule has 4 rings (SSSR count). The van der Waals surface area contributed by atoms with Gasteiger partial charge in [0.15, 0.2) is 5.11 Å². The van der Waals surface area contributed by atoms with Gasteiger partial charge in [0.05, 0.1) is 37.6 Å². The molecule has 0 aliphatic carbocycles. The highest BCUT2D eigenvalue weighted by atomic mass is 32.1. The zero-order valence-electron chi connectivity index (χ0n) is 17.8. The number of carbonyl (C=O) groups is 3. The molecule has 1 atom stereocenters. The van der Waals surface area contributed by atoms with Crippen LogP contribution in [0, 0.1) is 0 Å². The van der Waals surface area contributed by atoms with Crippen LogP contribution in [0.5, 0.6) is 0 Å². The molecule has 33 heavy (non-hydrogen) atoms. The van der Waals surface area contributed by atoms with E-state index in [1.807, 2.05) is 18.2 Å². The molecule has 0 radical (unpaired) electrons. The molecule has 1 aliphatic rings. The zero-order valence-corrected chi connectivity index (χ0v) is 18.6. The van der Waals surface area contributed by atoms with E-state index in [2.05, 4.69) is 10.1 Å². The Balaban J connectivity index is 1.52. The molecular formula is C24H21N3O5S. The van der Waals surface area contributed by atoms with E-state index in [0.717, 1.165) is 0 Å². The van der Waals surface area contributed by atoms with E-state index in [9.17, 15) is 14.4 Å². The SMILES string of the molecule is COC(=O)c1ccc(NC(=O)C[C@H]2C(=O)N(c3ccccc3)C(=S)N2Cc2ccco2)cc1. The van der Waals surface area contributed by atoms with Gasteiger partial charge in [-0.25, -0.2) is 4.79 Å². The van der Waals surface area contributed by atoms with Crippen LogP contribution in [0.25, 0.3) is 0 Å². The van der Waals surface area contributed by atoms with E-state index >= 15 is 0 Å². The van der Waals surface area contributed by atoms with Gasteiger partial charge in [0.1, 0.15) is 11.8 Å². The number of methoxy groups -OCH3 is 1. The number of furan rings is 1. The highest BCUT2D eigenvalue weighted by Gasteiger charge is 2.44. The van der Waals surface area contributed by atoms with Gasteiger partial charge in [-0.05, 0) is 60.7 Å². The Hall–Kier alpha value is -3.98. The number of rotatable bonds is 7. The average Bonchev–Trinajstić information content (AvgIpc) is 3.42. The summed E-state index contributed by atoms with van der Waals surface area (Å²) in [7, 11) is 1.30. The molecule has 1 saturated heterocycles. The van der Waals surface area contributed by atoms with Gasteiger partial charge in [0, 0.05) is 5.69 Å². The Morgan fingerprint density at radius 2 is 1.79 bits per heavy atom. The third kappa shape index (κ3) is 4.78. The predicted octanol–water partition coefficient (Wildman–Crippen LogP) is 3.60. The second-order valence-electron chi connectivity index (χ2n) is 7.34. The number of anilines is 2. The van der Waals surface area contributed by atoms with E-state index < -0.39 is 12.0 Å². The highest BCUT2D eigenvalue weighted by Crippen LogP contribution is 2.29. The van der Waals surface area contributed by atoms with Gasteiger partial charge in [0.25, 0.3) is 5.91 Å². The van der Waals surface area contributed by atoms with Crippen LogP contribution < -0.4 is 10.2 Å². The molecule has 0 spiro atoms. The largest absolute Gasteiger partial charge is 0.467 e. The van der Waals surface area contributed by atoms with Crippen molar-refractivity contribution in [2.45, 2.75) is 19.0 Å². The maximum atomic E-state index is 13.3. The lowest BCUT2D eigenvalue weighted by atomic mass is 10.1. The fourth-order valence-electron chi connectivity index (χ4n) is 3.59. The Morgan fingerprint density at radius 1 is 1.06 bits per heavy atom. The second kappa shape index (κ2) is 9.66. The molecule has 1 fully saturated rings. The Bertz CT molecular complexity index is 1160. The van der Waals surface area contributed by atoms with E-state index in [4.69, 9.17) is 16.6 Å². The fraction of sp³-hybridized carbons (Fsp3) is 0.167. The maximum Gasteiger partial charge on any atom is 0.337 e. The number of carbonyl (C=O) groups excluding carboxylic acids is 3. The van der Waals surface area contributed by atoms with Crippen LogP contribution >= 0.6 is 12.2 Å². The smallest absolute Gasteiger partial charge is 0.337 e. The van der Waals surface area contributed by atoms with Crippen LogP contribution in [-0.2, 0) is 20.9 Å². The Labute approximate surface area is 195 Å². The van der Waals surface area contributed by atoms with Crippen molar-refractivity contribution in [2.75, 3.05) is 17.3 Å². The third-order valence-electron chi connectivity index (χ3n) is 5.21. The van der Waals surface area contributed by atoms with Gasteiger partial charge in [-0.3, -0.25) is 14.5 Å². The predicted molar refractivity (Wildman–Crippen MR) is 126 cm³/mol.